The van der Waals surface area contributed by atoms with Gasteiger partial charge in [0, 0.05) is 5.92 Å². The van der Waals surface area contributed by atoms with Gasteiger partial charge in [-0.25, -0.2) is 0 Å². The summed E-state index contributed by atoms with van der Waals surface area (Å²) in [6.45, 7) is 5.56. The van der Waals surface area contributed by atoms with E-state index in [9.17, 15) is 0 Å². The van der Waals surface area contributed by atoms with Gasteiger partial charge < -0.3 is 4.74 Å². The van der Waals surface area contributed by atoms with Gasteiger partial charge in [0.05, 0.1) is 12.4 Å². The Balaban J connectivity index is 2.25. The fraction of sp³-hybridized carbons (Fsp3) is 0.800. The molecule has 0 aromatic carbocycles. The molecule has 0 bridgehead atoms. The third-order valence-electron chi connectivity index (χ3n) is 2.91. The molecule has 1 nitrogen and oxygen atoms in total. The average molecular weight is 152 g/mol. The van der Waals surface area contributed by atoms with Gasteiger partial charge in [-0.2, -0.15) is 0 Å². The highest BCUT2D eigenvalue weighted by Crippen LogP contribution is 2.41. The van der Waals surface area contributed by atoms with Gasteiger partial charge in [-0.3, -0.25) is 0 Å². The van der Waals surface area contributed by atoms with Gasteiger partial charge in [0.1, 0.15) is 0 Å². The average Bonchev–Trinajstić information content (AvgIpc) is 2.30. The third kappa shape index (κ3) is 1.07. The van der Waals surface area contributed by atoms with Crippen LogP contribution < -0.4 is 0 Å². The number of allylic oxidation sites excluding steroid dienone is 2. The molecule has 0 aromatic rings. The summed E-state index contributed by atoms with van der Waals surface area (Å²) < 4.78 is 5.66. The predicted octanol–water partition coefficient (Wildman–Crippen LogP) is 2.73. The van der Waals surface area contributed by atoms with Crippen molar-refractivity contribution in [2.45, 2.75) is 33.1 Å². The molecule has 1 aliphatic carbocycles. The van der Waals surface area contributed by atoms with Crippen LogP contribution in [0.5, 0.6) is 0 Å². The monoisotopic (exact) mass is 152 g/mol. The zero-order valence-electron chi connectivity index (χ0n) is 7.39. The molecule has 0 saturated heterocycles. The van der Waals surface area contributed by atoms with Gasteiger partial charge >= 0.3 is 0 Å². The standard InChI is InChI=1S/C10H16O/c1-7-6-8(2)10-9(7)4-3-5-11-10/h7-8H,3-6H2,1-2H3. The molecule has 62 valence electrons. The fourth-order valence-electron chi connectivity index (χ4n) is 2.39. The van der Waals surface area contributed by atoms with Gasteiger partial charge in [-0.1, -0.05) is 13.8 Å². The Labute approximate surface area is 68.4 Å². The quantitative estimate of drug-likeness (QED) is 0.518. The van der Waals surface area contributed by atoms with E-state index in [1.165, 1.54) is 25.0 Å². The highest BCUT2D eigenvalue weighted by molar-refractivity contribution is 5.21. The van der Waals surface area contributed by atoms with Crippen LogP contribution in [0.25, 0.3) is 0 Å². The van der Waals surface area contributed by atoms with Gasteiger partial charge in [0.25, 0.3) is 0 Å². The van der Waals surface area contributed by atoms with Crippen LogP contribution >= 0.6 is 0 Å². The lowest BCUT2D eigenvalue weighted by molar-refractivity contribution is 0.167. The van der Waals surface area contributed by atoms with Gasteiger partial charge in [-0.05, 0) is 30.8 Å². The smallest absolute Gasteiger partial charge is 0.0982 e. The second kappa shape index (κ2) is 2.54. The SMILES string of the molecule is CC1CC(C)C2=C1CCCO2. The lowest BCUT2D eigenvalue weighted by Crippen LogP contribution is -2.07. The lowest BCUT2D eigenvalue weighted by atomic mass is 9.99. The van der Waals surface area contributed by atoms with Crippen LogP contribution in [0.15, 0.2) is 11.3 Å². The van der Waals surface area contributed by atoms with E-state index in [2.05, 4.69) is 13.8 Å². The van der Waals surface area contributed by atoms with Crippen molar-refractivity contribution in [3.05, 3.63) is 11.3 Å². The molecule has 2 rings (SSSR count). The zero-order chi connectivity index (χ0) is 7.84. The van der Waals surface area contributed by atoms with E-state index in [1.54, 1.807) is 5.57 Å². The largest absolute Gasteiger partial charge is 0.498 e. The number of ether oxygens (including phenoxy) is 1. The highest BCUT2D eigenvalue weighted by atomic mass is 16.5. The van der Waals surface area contributed by atoms with E-state index < -0.39 is 0 Å². The summed E-state index contributed by atoms with van der Waals surface area (Å²) >= 11 is 0. The van der Waals surface area contributed by atoms with Crippen molar-refractivity contribution in [1.29, 1.82) is 0 Å². The van der Waals surface area contributed by atoms with E-state index in [0.29, 0.717) is 5.92 Å². The van der Waals surface area contributed by atoms with Crippen molar-refractivity contribution in [2.24, 2.45) is 11.8 Å². The Kier molecular flexibility index (Phi) is 1.67. The van der Waals surface area contributed by atoms with E-state index in [-0.39, 0.29) is 0 Å². The Hall–Kier alpha value is -0.460. The molecule has 0 spiro atoms. The maximum atomic E-state index is 5.66. The molecule has 0 saturated carbocycles. The van der Waals surface area contributed by atoms with Crippen molar-refractivity contribution < 1.29 is 4.74 Å². The van der Waals surface area contributed by atoms with Crippen LogP contribution in [-0.4, -0.2) is 6.61 Å². The second-order valence-electron chi connectivity index (χ2n) is 3.88. The predicted molar refractivity (Wildman–Crippen MR) is 45.2 cm³/mol. The Morgan fingerprint density at radius 1 is 1.27 bits per heavy atom. The van der Waals surface area contributed by atoms with Crippen LogP contribution in [0.1, 0.15) is 33.1 Å². The molecule has 0 N–H and O–H groups in total. The van der Waals surface area contributed by atoms with Gasteiger partial charge in [-0.15, -0.1) is 0 Å². The molecule has 0 fully saturated rings. The minimum atomic E-state index is 0.695. The summed E-state index contributed by atoms with van der Waals surface area (Å²) in [5, 5.41) is 0. The molecule has 11 heavy (non-hydrogen) atoms. The van der Waals surface area contributed by atoms with E-state index in [4.69, 9.17) is 4.74 Å². The number of hydrogen-bond donors (Lipinski definition) is 0. The summed E-state index contributed by atoms with van der Waals surface area (Å²) in [5.41, 5.74) is 1.61. The fourth-order valence-corrected chi connectivity index (χ4v) is 2.39. The lowest BCUT2D eigenvalue weighted by Gasteiger charge is -2.19. The second-order valence-corrected chi connectivity index (χ2v) is 3.88. The molecule has 2 aliphatic rings. The molecular formula is C10H16O. The van der Waals surface area contributed by atoms with Crippen molar-refractivity contribution in [1.82, 2.24) is 0 Å². The summed E-state index contributed by atoms with van der Waals surface area (Å²) in [7, 11) is 0. The molecular weight excluding hydrogens is 136 g/mol. The van der Waals surface area contributed by atoms with Crippen LogP contribution in [0, 0.1) is 11.8 Å². The first-order valence-electron chi connectivity index (χ1n) is 4.64. The molecule has 1 heterocycles. The summed E-state index contributed by atoms with van der Waals surface area (Å²) in [4.78, 5) is 0. The van der Waals surface area contributed by atoms with Crippen LogP contribution in [-0.2, 0) is 4.74 Å². The first-order chi connectivity index (χ1) is 5.29. The summed E-state index contributed by atoms with van der Waals surface area (Å²) in [6.07, 6.45) is 3.83. The third-order valence-corrected chi connectivity index (χ3v) is 2.91. The molecule has 0 aromatic heterocycles. The zero-order valence-corrected chi connectivity index (χ0v) is 7.39. The normalized spacial score (nSPS) is 36.9. The first-order valence-corrected chi connectivity index (χ1v) is 4.64. The maximum absolute atomic E-state index is 5.66. The molecule has 1 heteroatoms. The molecule has 1 aliphatic heterocycles. The van der Waals surface area contributed by atoms with Crippen LogP contribution in [0.2, 0.25) is 0 Å². The summed E-state index contributed by atoms with van der Waals surface area (Å²) in [6, 6.07) is 0. The van der Waals surface area contributed by atoms with E-state index >= 15 is 0 Å². The topological polar surface area (TPSA) is 9.23 Å². The molecule has 0 amide bonds. The number of rotatable bonds is 0. The molecule has 2 unspecified atom stereocenters. The van der Waals surface area contributed by atoms with Gasteiger partial charge in [0.2, 0.25) is 0 Å². The first kappa shape index (κ1) is 7.20. The Morgan fingerprint density at radius 2 is 2.09 bits per heavy atom. The van der Waals surface area contributed by atoms with Gasteiger partial charge in [0.15, 0.2) is 0 Å². The van der Waals surface area contributed by atoms with Crippen LogP contribution in [0.4, 0.5) is 0 Å². The number of hydrogen-bond acceptors (Lipinski definition) is 1. The minimum absolute atomic E-state index is 0.695. The van der Waals surface area contributed by atoms with E-state index in [1.807, 2.05) is 0 Å². The minimum Gasteiger partial charge on any atom is -0.498 e. The molecule has 2 atom stereocenters. The highest BCUT2D eigenvalue weighted by Gasteiger charge is 2.30. The summed E-state index contributed by atoms with van der Waals surface area (Å²) in [5.74, 6) is 2.82. The maximum Gasteiger partial charge on any atom is 0.0982 e. The molecule has 0 radical (unpaired) electrons. The Morgan fingerprint density at radius 3 is 2.82 bits per heavy atom. The van der Waals surface area contributed by atoms with E-state index in [0.717, 1.165) is 12.5 Å². The van der Waals surface area contributed by atoms with Crippen molar-refractivity contribution in [3.8, 4) is 0 Å². The van der Waals surface area contributed by atoms with Crippen molar-refractivity contribution in [3.63, 3.8) is 0 Å². The van der Waals surface area contributed by atoms with Crippen molar-refractivity contribution >= 4 is 0 Å². The van der Waals surface area contributed by atoms with Crippen molar-refractivity contribution in [2.75, 3.05) is 6.61 Å². The Bertz CT molecular complexity index is 173. The van der Waals surface area contributed by atoms with Crippen LogP contribution in [0.3, 0.4) is 0 Å².